The summed E-state index contributed by atoms with van der Waals surface area (Å²) in [6, 6.07) is 4.50. The average Bonchev–Trinajstić information content (AvgIpc) is 2.80. The molecule has 90 valence electrons. The Morgan fingerprint density at radius 3 is 3.18 bits per heavy atom. The van der Waals surface area contributed by atoms with E-state index in [1.807, 2.05) is 6.20 Å². The van der Waals surface area contributed by atoms with E-state index in [1.165, 1.54) is 10.1 Å². The lowest BCUT2D eigenvalue weighted by Crippen LogP contribution is -2.47. The van der Waals surface area contributed by atoms with E-state index in [0.29, 0.717) is 5.92 Å². The maximum Gasteiger partial charge on any atom is 0.137 e. The zero-order valence-electron chi connectivity index (χ0n) is 9.97. The maximum absolute atomic E-state index is 6.16. The van der Waals surface area contributed by atoms with Crippen molar-refractivity contribution in [1.82, 2.24) is 4.98 Å². The lowest BCUT2D eigenvalue weighted by Gasteiger charge is -2.36. The molecule has 2 atom stereocenters. The fourth-order valence-electron chi connectivity index (χ4n) is 2.42. The molecule has 2 aromatic rings. The molecule has 2 unspecified atom stereocenters. The van der Waals surface area contributed by atoms with E-state index in [2.05, 4.69) is 34.3 Å². The second kappa shape index (κ2) is 4.27. The van der Waals surface area contributed by atoms with Crippen LogP contribution in [0.25, 0.3) is 10.1 Å². The average molecular weight is 247 g/mol. The number of thiophene rings is 1. The van der Waals surface area contributed by atoms with E-state index in [0.717, 1.165) is 25.3 Å². The Kier molecular flexibility index (Phi) is 2.76. The van der Waals surface area contributed by atoms with Gasteiger partial charge in [-0.05, 0) is 29.9 Å². The van der Waals surface area contributed by atoms with Crippen molar-refractivity contribution in [2.45, 2.75) is 19.4 Å². The largest absolute Gasteiger partial charge is 0.355 e. The van der Waals surface area contributed by atoms with E-state index >= 15 is 0 Å². The number of piperidine rings is 1. The minimum atomic E-state index is 0.263. The van der Waals surface area contributed by atoms with Gasteiger partial charge in [-0.1, -0.05) is 6.92 Å². The number of hydrogen-bond acceptors (Lipinski definition) is 4. The molecule has 0 saturated carbocycles. The van der Waals surface area contributed by atoms with Gasteiger partial charge in [0.25, 0.3) is 0 Å². The van der Waals surface area contributed by atoms with Crippen molar-refractivity contribution >= 4 is 27.2 Å². The quantitative estimate of drug-likeness (QED) is 0.841. The minimum Gasteiger partial charge on any atom is -0.355 e. The van der Waals surface area contributed by atoms with E-state index in [1.54, 1.807) is 11.3 Å². The smallest absolute Gasteiger partial charge is 0.137 e. The summed E-state index contributed by atoms with van der Waals surface area (Å²) in [4.78, 5) is 6.87. The Bertz CT molecular complexity index is 522. The van der Waals surface area contributed by atoms with Crippen LogP contribution in [-0.2, 0) is 0 Å². The zero-order valence-corrected chi connectivity index (χ0v) is 10.8. The lowest BCUT2D eigenvalue weighted by molar-refractivity contribution is 0.378. The van der Waals surface area contributed by atoms with Gasteiger partial charge in [-0.15, -0.1) is 11.3 Å². The van der Waals surface area contributed by atoms with Gasteiger partial charge in [-0.25, -0.2) is 4.98 Å². The van der Waals surface area contributed by atoms with Crippen LogP contribution in [0.4, 0.5) is 5.82 Å². The molecule has 0 bridgehead atoms. The van der Waals surface area contributed by atoms with Crippen LogP contribution in [-0.4, -0.2) is 24.1 Å². The molecule has 3 heterocycles. The minimum absolute atomic E-state index is 0.263. The molecular formula is C13H17N3S. The number of hydrogen-bond donors (Lipinski definition) is 1. The monoisotopic (exact) mass is 247 g/mol. The van der Waals surface area contributed by atoms with Crippen LogP contribution in [0.1, 0.15) is 13.3 Å². The summed E-state index contributed by atoms with van der Waals surface area (Å²) in [5.74, 6) is 1.72. The Hall–Kier alpha value is -1.13. The summed E-state index contributed by atoms with van der Waals surface area (Å²) < 4.78 is 1.31. The Morgan fingerprint density at radius 1 is 1.47 bits per heavy atom. The maximum atomic E-state index is 6.16. The molecule has 4 heteroatoms. The van der Waals surface area contributed by atoms with Gasteiger partial charge < -0.3 is 10.6 Å². The highest BCUT2D eigenvalue weighted by atomic mass is 32.1. The van der Waals surface area contributed by atoms with Gasteiger partial charge in [0, 0.05) is 35.4 Å². The molecule has 17 heavy (non-hydrogen) atoms. The number of nitrogens with zero attached hydrogens (tertiary/aromatic N) is 2. The first-order chi connectivity index (χ1) is 8.25. The molecule has 0 aromatic carbocycles. The van der Waals surface area contributed by atoms with Crippen LogP contribution in [0.5, 0.6) is 0 Å². The number of aromatic nitrogens is 1. The first-order valence-corrected chi connectivity index (χ1v) is 6.96. The highest BCUT2D eigenvalue weighted by Crippen LogP contribution is 2.30. The Labute approximate surface area is 105 Å². The van der Waals surface area contributed by atoms with Crippen molar-refractivity contribution in [1.29, 1.82) is 0 Å². The van der Waals surface area contributed by atoms with Crippen molar-refractivity contribution in [3.63, 3.8) is 0 Å². The molecule has 3 nitrogen and oxygen atoms in total. The molecule has 0 aliphatic carbocycles. The normalized spacial score (nSPS) is 25.4. The molecule has 2 aromatic heterocycles. The summed E-state index contributed by atoms with van der Waals surface area (Å²) in [6.45, 7) is 4.22. The molecule has 0 spiro atoms. The second-order valence-electron chi connectivity index (χ2n) is 4.84. The molecular weight excluding hydrogens is 230 g/mol. The third-order valence-corrected chi connectivity index (χ3v) is 4.56. The van der Waals surface area contributed by atoms with E-state index < -0.39 is 0 Å². The van der Waals surface area contributed by atoms with Crippen LogP contribution in [0.2, 0.25) is 0 Å². The predicted octanol–water partition coefficient (Wildman–Crippen LogP) is 2.47. The summed E-state index contributed by atoms with van der Waals surface area (Å²) in [5.41, 5.74) is 6.16. The van der Waals surface area contributed by atoms with Crippen LogP contribution in [0, 0.1) is 5.92 Å². The van der Waals surface area contributed by atoms with Crippen molar-refractivity contribution in [3.05, 3.63) is 23.7 Å². The van der Waals surface area contributed by atoms with Gasteiger partial charge in [-0.2, -0.15) is 0 Å². The van der Waals surface area contributed by atoms with Crippen molar-refractivity contribution in [2.24, 2.45) is 11.7 Å². The molecule has 1 aliphatic heterocycles. The van der Waals surface area contributed by atoms with Gasteiger partial charge in [0.1, 0.15) is 5.82 Å². The highest BCUT2D eigenvalue weighted by molar-refractivity contribution is 7.17. The summed E-state index contributed by atoms with van der Waals surface area (Å²) >= 11 is 1.77. The number of pyridine rings is 1. The molecule has 0 amide bonds. The van der Waals surface area contributed by atoms with Crippen molar-refractivity contribution < 1.29 is 0 Å². The zero-order chi connectivity index (χ0) is 11.8. The number of nitrogens with two attached hydrogens (primary N) is 1. The first kappa shape index (κ1) is 11.0. The van der Waals surface area contributed by atoms with Gasteiger partial charge in [0.05, 0.1) is 0 Å². The van der Waals surface area contributed by atoms with E-state index in [9.17, 15) is 0 Å². The van der Waals surface area contributed by atoms with Crippen molar-refractivity contribution in [3.8, 4) is 0 Å². The molecule has 1 saturated heterocycles. The topological polar surface area (TPSA) is 42.2 Å². The Balaban J connectivity index is 1.96. The number of anilines is 1. The lowest BCUT2D eigenvalue weighted by atomic mass is 9.94. The molecule has 0 radical (unpaired) electrons. The van der Waals surface area contributed by atoms with Crippen LogP contribution in [0.3, 0.4) is 0 Å². The van der Waals surface area contributed by atoms with Crippen LogP contribution < -0.4 is 10.6 Å². The van der Waals surface area contributed by atoms with Gasteiger partial charge in [0.2, 0.25) is 0 Å². The van der Waals surface area contributed by atoms with Gasteiger partial charge in [-0.3, -0.25) is 0 Å². The predicted molar refractivity (Wildman–Crippen MR) is 73.6 cm³/mol. The van der Waals surface area contributed by atoms with E-state index in [-0.39, 0.29) is 6.04 Å². The molecule has 3 rings (SSSR count). The van der Waals surface area contributed by atoms with Crippen molar-refractivity contribution in [2.75, 3.05) is 18.0 Å². The fraction of sp³-hybridized carbons (Fsp3) is 0.462. The molecule has 1 fully saturated rings. The van der Waals surface area contributed by atoms with Gasteiger partial charge >= 0.3 is 0 Å². The van der Waals surface area contributed by atoms with Crippen LogP contribution in [0.15, 0.2) is 23.7 Å². The van der Waals surface area contributed by atoms with E-state index in [4.69, 9.17) is 5.73 Å². The fourth-order valence-corrected chi connectivity index (χ4v) is 3.20. The Morgan fingerprint density at radius 2 is 2.35 bits per heavy atom. The second-order valence-corrected chi connectivity index (χ2v) is 5.79. The first-order valence-electron chi connectivity index (χ1n) is 6.08. The standard InChI is InChI=1S/C13H17N3S/c1-9-3-6-16(8-11(9)14)13-10-4-7-17-12(10)2-5-15-13/h2,4-5,7,9,11H,3,6,8,14H2,1H3. The molecule has 2 N–H and O–H groups in total. The summed E-state index contributed by atoms with van der Waals surface area (Å²) in [5, 5.41) is 3.39. The SMILES string of the molecule is CC1CCN(c2nccc3sccc23)CC1N. The van der Waals surface area contributed by atoms with Gasteiger partial charge in [0.15, 0.2) is 0 Å². The third-order valence-electron chi connectivity index (χ3n) is 3.67. The number of rotatable bonds is 1. The number of fused-ring (bicyclic) bond motifs is 1. The third kappa shape index (κ3) is 1.91. The highest BCUT2D eigenvalue weighted by Gasteiger charge is 2.24. The van der Waals surface area contributed by atoms with Crippen LogP contribution >= 0.6 is 11.3 Å². The molecule has 1 aliphatic rings. The summed E-state index contributed by atoms with van der Waals surface area (Å²) in [6.07, 6.45) is 3.06. The summed E-state index contributed by atoms with van der Waals surface area (Å²) in [7, 11) is 0.